The first-order valence-corrected chi connectivity index (χ1v) is 5.18. The van der Waals surface area contributed by atoms with Gasteiger partial charge in [-0.2, -0.15) is 0 Å². The van der Waals surface area contributed by atoms with Crippen molar-refractivity contribution in [3.05, 3.63) is 0 Å². The van der Waals surface area contributed by atoms with Crippen LogP contribution in [0.1, 0.15) is 20.8 Å². The second-order valence-corrected chi connectivity index (χ2v) is 4.70. The van der Waals surface area contributed by atoms with Crippen LogP contribution >= 0.6 is 0 Å². The third-order valence-electron chi connectivity index (χ3n) is 3.20. The molecule has 2 aliphatic heterocycles. The van der Waals surface area contributed by atoms with Crippen LogP contribution in [-0.4, -0.2) is 42.1 Å². The lowest BCUT2D eigenvalue weighted by atomic mass is 9.82. The van der Waals surface area contributed by atoms with Gasteiger partial charge in [-0.3, -0.25) is 9.69 Å². The highest BCUT2D eigenvalue weighted by molar-refractivity contribution is 6.01. The number of amides is 3. The van der Waals surface area contributed by atoms with Gasteiger partial charge < -0.3 is 10.1 Å². The molecule has 2 rings (SSSR count). The molecule has 2 aliphatic rings. The molecule has 2 unspecified atom stereocenters. The lowest BCUT2D eigenvalue weighted by molar-refractivity contribution is -0.142. The maximum Gasteiger partial charge on any atom is 0.324 e. The smallest absolute Gasteiger partial charge is 0.324 e. The highest BCUT2D eigenvalue weighted by Crippen LogP contribution is 2.34. The van der Waals surface area contributed by atoms with E-state index in [-0.39, 0.29) is 24.0 Å². The van der Waals surface area contributed by atoms with Gasteiger partial charge in [-0.05, 0) is 20.8 Å². The average Bonchev–Trinajstić information content (AvgIpc) is 2.48. The Kier molecular flexibility index (Phi) is 2.22. The van der Waals surface area contributed by atoms with Gasteiger partial charge in [0.2, 0.25) is 5.91 Å². The molecule has 0 aromatic carbocycles. The molecule has 0 aromatic heterocycles. The molecular formula is C10H16N2O3. The second kappa shape index (κ2) is 3.20. The first-order valence-electron chi connectivity index (χ1n) is 5.18. The first-order chi connectivity index (χ1) is 6.97. The first kappa shape index (κ1) is 10.4. The number of hydrogen-bond donors (Lipinski definition) is 1. The van der Waals surface area contributed by atoms with Crippen LogP contribution in [-0.2, 0) is 9.53 Å². The van der Waals surface area contributed by atoms with E-state index >= 15 is 0 Å². The summed E-state index contributed by atoms with van der Waals surface area (Å²) < 4.78 is 5.28. The monoisotopic (exact) mass is 212 g/mol. The van der Waals surface area contributed by atoms with E-state index in [4.69, 9.17) is 4.74 Å². The zero-order chi connectivity index (χ0) is 11.2. The minimum atomic E-state index is -0.585. The van der Waals surface area contributed by atoms with E-state index < -0.39 is 5.41 Å². The van der Waals surface area contributed by atoms with Crippen molar-refractivity contribution in [1.82, 2.24) is 10.2 Å². The van der Waals surface area contributed by atoms with Crippen LogP contribution in [0.2, 0.25) is 0 Å². The summed E-state index contributed by atoms with van der Waals surface area (Å²) in [5, 5.41) is 2.82. The van der Waals surface area contributed by atoms with Crippen molar-refractivity contribution in [3.8, 4) is 0 Å². The lowest BCUT2D eigenvalue weighted by Gasteiger charge is -2.41. The molecular weight excluding hydrogens is 196 g/mol. The Hall–Kier alpha value is -1.10. The molecule has 5 nitrogen and oxygen atoms in total. The van der Waals surface area contributed by atoms with Crippen LogP contribution < -0.4 is 5.32 Å². The van der Waals surface area contributed by atoms with Gasteiger partial charge in [0.15, 0.2) is 0 Å². The minimum Gasteiger partial charge on any atom is -0.378 e. The van der Waals surface area contributed by atoms with Gasteiger partial charge in [-0.1, -0.05) is 0 Å². The SMILES string of the molecule is CC(C)N1C(=O)NC2COCC2(C)C1=O. The number of carbonyl (C=O) groups excluding carboxylic acids is 2. The minimum absolute atomic E-state index is 0.115. The van der Waals surface area contributed by atoms with Crippen molar-refractivity contribution in [1.29, 1.82) is 0 Å². The zero-order valence-corrected chi connectivity index (χ0v) is 9.24. The molecule has 15 heavy (non-hydrogen) atoms. The van der Waals surface area contributed by atoms with Gasteiger partial charge in [0.05, 0.1) is 24.7 Å². The molecule has 5 heteroatoms. The number of ether oxygens (including phenoxy) is 1. The summed E-state index contributed by atoms with van der Waals surface area (Å²) in [7, 11) is 0. The van der Waals surface area contributed by atoms with Gasteiger partial charge in [-0.25, -0.2) is 4.79 Å². The van der Waals surface area contributed by atoms with Crippen LogP contribution in [0.5, 0.6) is 0 Å². The summed E-state index contributed by atoms with van der Waals surface area (Å²) in [4.78, 5) is 25.1. The Morgan fingerprint density at radius 3 is 2.80 bits per heavy atom. The number of hydrogen-bond acceptors (Lipinski definition) is 3. The van der Waals surface area contributed by atoms with E-state index in [0.717, 1.165) is 0 Å². The normalized spacial score (nSPS) is 35.7. The summed E-state index contributed by atoms with van der Waals surface area (Å²) >= 11 is 0. The van der Waals surface area contributed by atoms with E-state index in [1.54, 1.807) is 0 Å². The van der Waals surface area contributed by atoms with E-state index in [0.29, 0.717) is 13.2 Å². The molecule has 0 aliphatic carbocycles. The van der Waals surface area contributed by atoms with Gasteiger partial charge in [0, 0.05) is 6.04 Å². The van der Waals surface area contributed by atoms with Crippen LogP contribution in [0.3, 0.4) is 0 Å². The number of urea groups is 1. The second-order valence-electron chi connectivity index (χ2n) is 4.70. The molecule has 2 atom stereocenters. The van der Waals surface area contributed by atoms with E-state index in [1.807, 2.05) is 20.8 Å². The predicted octanol–water partition coefficient (Wildman–Crippen LogP) is 0.352. The Bertz CT molecular complexity index is 316. The molecule has 0 saturated carbocycles. The highest BCUT2D eigenvalue weighted by atomic mass is 16.5. The van der Waals surface area contributed by atoms with Crippen LogP contribution in [0.25, 0.3) is 0 Å². The average molecular weight is 212 g/mol. The van der Waals surface area contributed by atoms with Crippen LogP contribution in [0.15, 0.2) is 0 Å². The summed E-state index contributed by atoms with van der Waals surface area (Å²) in [6.45, 7) is 6.33. The van der Waals surface area contributed by atoms with Gasteiger partial charge in [0.25, 0.3) is 0 Å². The van der Waals surface area contributed by atoms with E-state index in [2.05, 4.69) is 5.32 Å². The Morgan fingerprint density at radius 2 is 2.20 bits per heavy atom. The fraction of sp³-hybridized carbons (Fsp3) is 0.800. The van der Waals surface area contributed by atoms with Crippen molar-refractivity contribution in [3.63, 3.8) is 0 Å². The fourth-order valence-corrected chi connectivity index (χ4v) is 2.14. The number of fused-ring (bicyclic) bond motifs is 1. The van der Waals surface area contributed by atoms with Crippen molar-refractivity contribution in [2.75, 3.05) is 13.2 Å². The summed E-state index contributed by atoms with van der Waals surface area (Å²) in [5.74, 6) is -0.122. The molecule has 1 N–H and O–H groups in total. The van der Waals surface area contributed by atoms with Gasteiger partial charge in [0.1, 0.15) is 0 Å². The number of carbonyl (C=O) groups is 2. The molecule has 2 saturated heterocycles. The van der Waals surface area contributed by atoms with Crippen LogP contribution in [0, 0.1) is 5.41 Å². The summed E-state index contributed by atoms with van der Waals surface area (Å²) in [6, 6.07) is -0.591. The fourth-order valence-electron chi connectivity index (χ4n) is 2.14. The molecule has 2 heterocycles. The van der Waals surface area contributed by atoms with Crippen molar-refractivity contribution in [2.45, 2.75) is 32.9 Å². The molecule has 0 bridgehead atoms. The number of imide groups is 1. The van der Waals surface area contributed by atoms with Crippen LogP contribution in [0.4, 0.5) is 4.79 Å². The Labute approximate surface area is 88.8 Å². The summed E-state index contributed by atoms with van der Waals surface area (Å²) in [6.07, 6.45) is 0. The number of rotatable bonds is 1. The highest BCUT2D eigenvalue weighted by Gasteiger charge is 2.54. The maximum atomic E-state index is 12.2. The molecule has 0 radical (unpaired) electrons. The third-order valence-corrected chi connectivity index (χ3v) is 3.20. The standard InChI is InChI=1S/C10H16N2O3/c1-6(2)12-8(13)10(3)5-15-4-7(10)11-9(12)14/h6-7H,4-5H2,1-3H3,(H,11,14). The maximum absolute atomic E-state index is 12.2. The molecule has 2 fully saturated rings. The third kappa shape index (κ3) is 1.33. The Morgan fingerprint density at radius 1 is 1.53 bits per heavy atom. The molecule has 0 spiro atoms. The van der Waals surface area contributed by atoms with Crippen molar-refractivity contribution >= 4 is 11.9 Å². The molecule has 3 amide bonds. The zero-order valence-electron chi connectivity index (χ0n) is 9.24. The number of nitrogens with one attached hydrogen (secondary N) is 1. The van der Waals surface area contributed by atoms with Crippen molar-refractivity contribution in [2.24, 2.45) is 5.41 Å². The van der Waals surface area contributed by atoms with E-state index in [1.165, 1.54) is 4.90 Å². The predicted molar refractivity (Wildman–Crippen MR) is 53.2 cm³/mol. The summed E-state index contributed by atoms with van der Waals surface area (Å²) in [5.41, 5.74) is -0.585. The van der Waals surface area contributed by atoms with Gasteiger partial charge in [-0.15, -0.1) is 0 Å². The number of nitrogens with zero attached hydrogens (tertiary/aromatic N) is 1. The molecule has 0 aromatic rings. The Balaban J connectivity index is 2.32. The topological polar surface area (TPSA) is 58.6 Å². The largest absolute Gasteiger partial charge is 0.378 e. The van der Waals surface area contributed by atoms with E-state index in [9.17, 15) is 9.59 Å². The van der Waals surface area contributed by atoms with Crippen molar-refractivity contribution < 1.29 is 14.3 Å². The quantitative estimate of drug-likeness (QED) is 0.682. The molecule has 84 valence electrons. The lowest BCUT2D eigenvalue weighted by Crippen LogP contribution is -2.66. The van der Waals surface area contributed by atoms with Gasteiger partial charge >= 0.3 is 6.03 Å².